The molecule has 4 heteroatoms. The van der Waals surface area contributed by atoms with E-state index >= 15 is 0 Å². The normalized spacial score (nSPS) is 18.3. The Morgan fingerprint density at radius 2 is 2.14 bits per heavy atom. The van der Waals surface area contributed by atoms with Gasteiger partial charge in [-0.2, -0.15) is 0 Å². The third-order valence-electron chi connectivity index (χ3n) is 2.59. The Labute approximate surface area is 85.6 Å². The van der Waals surface area contributed by atoms with Crippen LogP contribution in [0.1, 0.15) is 26.2 Å². The van der Waals surface area contributed by atoms with E-state index in [1.54, 1.807) is 7.11 Å². The van der Waals surface area contributed by atoms with Crippen LogP contribution in [0.4, 0.5) is 4.79 Å². The van der Waals surface area contributed by atoms with Crippen LogP contribution in [0.3, 0.4) is 0 Å². The molecule has 0 saturated carbocycles. The summed E-state index contributed by atoms with van der Waals surface area (Å²) in [5.74, 6) is 0. The summed E-state index contributed by atoms with van der Waals surface area (Å²) in [6.45, 7) is 4.45. The molecule has 4 nitrogen and oxygen atoms in total. The van der Waals surface area contributed by atoms with Crippen molar-refractivity contribution in [3.8, 4) is 0 Å². The first-order valence-corrected chi connectivity index (χ1v) is 5.33. The van der Waals surface area contributed by atoms with Crippen molar-refractivity contribution >= 4 is 6.03 Å². The van der Waals surface area contributed by atoms with Crippen LogP contribution >= 0.6 is 0 Å². The first-order valence-electron chi connectivity index (χ1n) is 5.33. The molecule has 0 aromatic heterocycles. The van der Waals surface area contributed by atoms with Crippen LogP contribution in [0, 0.1) is 0 Å². The Kier molecular flexibility index (Phi) is 4.73. The summed E-state index contributed by atoms with van der Waals surface area (Å²) in [7, 11) is 1.73. The van der Waals surface area contributed by atoms with Crippen LogP contribution in [0.2, 0.25) is 0 Å². The second kappa shape index (κ2) is 5.86. The van der Waals surface area contributed by atoms with Gasteiger partial charge in [0.15, 0.2) is 0 Å². The van der Waals surface area contributed by atoms with E-state index < -0.39 is 0 Å². The summed E-state index contributed by atoms with van der Waals surface area (Å²) in [5.41, 5.74) is 0. The molecule has 0 unspecified atom stereocenters. The van der Waals surface area contributed by atoms with Gasteiger partial charge in [0.05, 0.1) is 6.10 Å². The Hall–Kier alpha value is -0.770. The standard InChI is InChI=1S/C10H20N2O2/c1-3-6-11-10(13)12-7-4-9(14-2)5-8-12/h9H,3-8H2,1-2H3,(H,11,13). The van der Waals surface area contributed by atoms with Gasteiger partial charge in [-0.05, 0) is 19.3 Å². The lowest BCUT2D eigenvalue weighted by Crippen LogP contribution is -2.45. The molecule has 1 aliphatic heterocycles. The van der Waals surface area contributed by atoms with Crippen molar-refractivity contribution in [2.45, 2.75) is 32.3 Å². The number of likely N-dealkylation sites (tertiary alicyclic amines) is 1. The topological polar surface area (TPSA) is 41.6 Å². The number of amides is 2. The van der Waals surface area contributed by atoms with E-state index in [1.165, 1.54) is 0 Å². The number of hydrogen-bond acceptors (Lipinski definition) is 2. The monoisotopic (exact) mass is 200 g/mol. The van der Waals surface area contributed by atoms with Crippen LogP contribution in [0.15, 0.2) is 0 Å². The zero-order valence-corrected chi connectivity index (χ0v) is 9.08. The molecule has 1 heterocycles. The van der Waals surface area contributed by atoms with Gasteiger partial charge >= 0.3 is 6.03 Å². The van der Waals surface area contributed by atoms with E-state index in [0.717, 1.165) is 38.9 Å². The molecular formula is C10H20N2O2. The molecule has 1 rings (SSSR count). The van der Waals surface area contributed by atoms with E-state index in [-0.39, 0.29) is 6.03 Å². The number of urea groups is 1. The second-order valence-electron chi connectivity index (χ2n) is 3.65. The highest BCUT2D eigenvalue weighted by Crippen LogP contribution is 2.12. The molecule has 82 valence electrons. The lowest BCUT2D eigenvalue weighted by molar-refractivity contribution is 0.0504. The summed E-state index contributed by atoms with van der Waals surface area (Å²) in [5, 5.41) is 2.88. The molecule has 0 atom stereocenters. The summed E-state index contributed by atoms with van der Waals surface area (Å²) < 4.78 is 5.24. The van der Waals surface area contributed by atoms with Crippen LogP contribution < -0.4 is 5.32 Å². The second-order valence-corrected chi connectivity index (χ2v) is 3.65. The Balaban J connectivity index is 2.23. The molecule has 1 N–H and O–H groups in total. The summed E-state index contributed by atoms with van der Waals surface area (Å²) in [6.07, 6.45) is 3.23. The Morgan fingerprint density at radius 3 is 2.64 bits per heavy atom. The van der Waals surface area contributed by atoms with Crippen LogP contribution in [0.5, 0.6) is 0 Å². The summed E-state index contributed by atoms with van der Waals surface area (Å²) in [4.78, 5) is 13.4. The fourth-order valence-electron chi connectivity index (χ4n) is 1.64. The highest BCUT2D eigenvalue weighted by atomic mass is 16.5. The van der Waals surface area contributed by atoms with Crippen molar-refractivity contribution < 1.29 is 9.53 Å². The molecule has 0 radical (unpaired) electrons. The zero-order chi connectivity index (χ0) is 10.4. The number of rotatable bonds is 3. The molecule has 0 spiro atoms. The van der Waals surface area contributed by atoms with Crippen molar-refractivity contribution in [1.82, 2.24) is 10.2 Å². The molecular weight excluding hydrogens is 180 g/mol. The van der Waals surface area contributed by atoms with E-state index in [4.69, 9.17) is 4.74 Å². The number of methoxy groups -OCH3 is 1. The lowest BCUT2D eigenvalue weighted by Gasteiger charge is -2.31. The number of hydrogen-bond donors (Lipinski definition) is 1. The molecule has 0 aromatic rings. The van der Waals surface area contributed by atoms with Crippen molar-refractivity contribution in [2.24, 2.45) is 0 Å². The fourth-order valence-corrected chi connectivity index (χ4v) is 1.64. The Morgan fingerprint density at radius 1 is 1.50 bits per heavy atom. The van der Waals surface area contributed by atoms with Gasteiger partial charge in [0, 0.05) is 26.7 Å². The predicted octanol–water partition coefficient (Wildman–Crippen LogP) is 1.22. The third-order valence-corrected chi connectivity index (χ3v) is 2.59. The van der Waals surface area contributed by atoms with E-state index in [2.05, 4.69) is 12.2 Å². The first kappa shape index (κ1) is 11.3. The maximum atomic E-state index is 11.5. The maximum Gasteiger partial charge on any atom is 0.317 e. The number of carbonyl (C=O) groups is 1. The number of ether oxygens (including phenoxy) is 1. The highest BCUT2D eigenvalue weighted by molar-refractivity contribution is 5.74. The molecule has 1 saturated heterocycles. The van der Waals surface area contributed by atoms with Crippen molar-refractivity contribution in [2.75, 3.05) is 26.7 Å². The van der Waals surface area contributed by atoms with E-state index in [1.807, 2.05) is 4.90 Å². The molecule has 14 heavy (non-hydrogen) atoms. The van der Waals surface area contributed by atoms with Crippen molar-refractivity contribution in [3.63, 3.8) is 0 Å². The van der Waals surface area contributed by atoms with Crippen LogP contribution in [-0.2, 0) is 4.74 Å². The quantitative estimate of drug-likeness (QED) is 0.744. The zero-order valence-electron chi connectivity index (χ0n) is 9.08. The minimum atomic E-state index is 0.0707. The predicted molar refractivity (Wildman–Crippen MR) is 55.3 cm³/mol. The summed E-state index contributed by atoms with van der Waals surface area (Å²) >= 11 is 0. The number of carbonyl (C=O) groups excluding carboxylic acids is 1. The van der Waals surface area contributed by atoms with Gasteiger partial charge in [-0.1, -0.05) is 6.92 Å². The molecule has 0 aromatic carbocycles. The van der Waals surface area contributed by atoms with Gasteiger partial charge in [0.25, 0.3) is 0 Å². The van der Waals surface area contributed by atoms with Crippen molar-refractivity contribution in [1.29, 1.82) is 0 Å². The smallest absolute Gasteiger partial charge is 0.317 e. The van der Waals surface area contributed by atoms with Gasteiger partial charge in [-0.15, -0.1) is 0 Å². The van der Waals surface area contributed by atoms with Gasteiger partial charge in [0.1, 0.15) is 0 Å². The van der Waals surface area contributed by atoms with E-state index in [0.29, 0.717) is 6.10 Å². The first-order chi connectivity index (χ1) is 6.77. The van der Waals surface area contributed by atoms with Crippen LogP contribution in [-0.4, -0.2) is 43.8 Å². The fraction of sp³-hybridized carbons (Fsp3) is 0.900. The largest absolute Gasteiger partial charge is 0.381 e. The van der Waals surface area contributed by atoms with Crippen LogP contribution in [0.25, 0.3) is 0 Å². The van der Waals surface area contributed by atoms with Gasteiger partial charge in [-0.3, -0.25) is 0 Å². The Bertz CT molecular complexity index is 177. The third kappa shape index (κ3) is 3.18. The van der Waals surface area contributed by atoms with E-state index in [9.17, 15) is 4.79 Å². The minimum absolute atomic E-state index is 0.0707. The van der Waals surface area contributed by atoms with Gasteiger partial charge in [0.2, 0.25) is 0 Å². The lowest BCUT2D eigenvalue weighted by atomic mass is 10.1. The average Bonchev–Trinajstić information content (AvgIpc) is 2.26. The van der Waals surface area contributed by atoms with Crippen molar-refractivity contribution in [3.05, 3.63) is 0 Å². The minimum Gasteiger partial charge on any atom is -0.381 e. The summed E-state index contributed by atoms with van der Waals surface area (Å²) in [6, 6.07) is 0.0707. The molecule has 1 aliphatic rings. The maximum absolute atomic E-state index is 11.5. The highest BCUT2D eigenvalue weighted by Gasteiger charge is 2.21. The number of piperidine rings is 1. The number of nitrogens with zero attached hydrogens (tertiary/aromatic N) is 1. The average molecular weight is 200 g/mol. The van der Waals surface area contributed by atoms with Gasteiger partial charge in [-0.25, -0.2) is 4.79 Å². The van der Waals surface area contributed by atoms with Gasteiger partial charge < -0.3 is 15.0 Å². The molecule has 2 amide bonds. The molecule has 0 aliphatic carbocycles. The molecule has 0 bridgehead atoms. The molecule has 1 fully saturated rings. The number of nitrogens with one attached hydrogen (secondary N) is 1. The SMILES string of the molecule is CCCNC(=O)N1CCC(OC)CC1.